The molecule has 0 aliphatic rings. The molecule has 2 aromatic heterocycles. The molecule has 0 aliphatic carbocycles. The molecule has 4 heteroatoms. The summed E-state index contributed by atoms with van der Waals surface area (Å²) in [4.78, 5) is 7.14. The van der Waals surface area contributed by atoms with Crippen molar-refractivity contribution in [3.8, 4) is 33.7 Å². The lowest BCUT2D eigenvalue weighted by Gasteiger charge is -2.26. The Kier molecular flexibility index (Phi) is 6.78. The predicted molar refractivity (Wildman–Crippen MR) is 210 cm³/mol. The third-order valence-electron chi connectivity index (χ3n) is 9.66. The van der Waals surface area contributed by atoms with E-state index in [1.54, 1.807) is 0 Å². The maximum absolute atomic E-state index is 6.29. The molecule has 2 heterocycles. The Morgan fingerprint density at radius 1 is 0.353 bits per heavy atom. The highest BCUT2D eigenvalue weighted by atomic mass is 16.4. The minimum Gasteiger partial charge on any atom is -0.456 e. The molecule has 0 saturated carbocycles. The van der Waals surface area contributed by atoms with Crippen LogP contribution in [0, 0.1) is 0 Å². The number of rotatable bonds is 6. The molecular weight excluding hydrogens is 625 g/mol. The maximum atomic E-state index is 6.29. The average molecular weight is 655 g/mol. The first-order valence-electron chi connectivity index (χ1n) is 17.1. The van der Waals surface area contributed by atoms with E-state index in [-0.39, 0.29) is 0 Å². The van der Waals surface area contributed by atoms with Crippen molar-refractivity contribution in [3.05, 3.63) is 182 Å². The quantitative estimate of drug-likeness (QED) is 0.179. The number of hydrogen-bond donors (Lipinski definition) is 0. The van der Waals surface area contributed by atoms with E-state index < -0.39 is 0 Å². The van der Waals surface area contributed by atoms with Crippen LogP contribution < -0.4 is 4.90 Å². The maximum Gasteiger partial charge on any atom is 0.227 e. The molecule has 0 atom stereocenters. The van der Waals surface area contributed by atoms with Gasteiger partial charge in [0, 0.05) is 39.5 Å². The lowest BCUT2D eigenvalue weighted by molar-refractivity contribution is 0.617. The summed E-state index contributed by atoms with van der Waals surface area (Å²) < 4.78 is 12.4. The summed E-state index contributed by atoms with van der Waals surface area (Å²) in [7, 11) is 0. The first kappa shape index (κ1) is 29.0. The fraction of sp³-hybridized carbons (Fsp3) is 0. The van der Waals surface area contributed by atoms with Gasteiger partial charge < -0.3 is 13.7 Å². The van der Waals surface area contributed by atoms with Crippen molar-refractivity contribution in [2.24, 2.45) is 0 Å². The van der Waals surface area contributed by atoms with Gasteiger partial charge in [-0.25, -0.2) is 4.98 Å². The molecule has 51 heavy (non-hydrogen) atoms. The summed E-state index contributed by atoms with van der Waals surface area (Å²) in [6.45, 7) is 0. The number of furan rings is 1. The normalized spacial score (nSPS) is 11.5. The van der Waals surface area contributed by atoms with Gasteiger partial charge in [-0.2, -0.15) is 0 Å². The number of oxazole rings is 1. The topological polar surface area (TPSA) is 42.4 Å². The molecule has 240 valence electrons. The van der Waals surface area contributed by atoms with Gasteiger partial charge in [0.1, 0.15) is 16.7 Å². The molecule has 0 amide bonds. The molecule has 0 spiro atoms. The van der Waals surface area contributed by atoms with E-state index in [0.29, 0.717) is 11.5 Å². The van der Waals surface area contributed by atoms with Crippen LogP contribution in [0.5, 0.6) is 0 Å². The van der Waals surface area contributed by atoms with E-state index in [0.717, 1.165) is 61.2 Å². The second-order valence-corrected chi connectivity index (χ2v) is 12.8. The van der Waals surface area contributed by atoms with Gasteiger partial charge >= 0.3 is 0 Å². The van der Waals surface area contributed by atoms with Gasteiger partial charge in [0.2, 0.25) is 5.89 Å². The van der Waals surface area contributed by atoms with Crippen molar-refractivity contribution in [3.63, 3.8) is 0 Å². The minimum atomic E-state index is 0.605. The molecule has 8 aromatic carbocycles. The Morgan fingerprint density at radius 2 is 0.980 bits per heavy atom. The van der Waals surface area contributed by atoms with Crippen LogP contribution in [0.1, 0.15) is 0 Å². The van der Waals surface area contributed by atoms with Crippen LogP contribution in [0.25, 0.3) is 77.5 Å². The molecule has 10 rings (SSSR count). The summed E-state index contributed by atoms with van der Waals surface area (Å²) in [6.07, 6.45) is 0. The van der Waals surface area contributed by atoms with Crippen LogP contribution in [0.2, 0.25) is 0 Å². The summed E-state index contributed by atoms with van der Waals surface area (Å²) in [5, 5.41) is 4.49. The van der Waals surface area contributed by atoms with E-state index >= 15 is 0 Å². The van der Waals surface area contributed by atoms with Gasteiger partial charge in [0.05, 0.1) is 0 Å². The van der Waals surface area contributed by atoms with Crippen molar-refractivity contribution in [2.45, 2.75) is 0 Å². The van der Waals surface area contributed by atoms with Crippen LogP contribution in [0.15, 0.2) is 191 Å². The zero-order valence-electron chi connectivity index (χ0n) is 27.5. The van der Waals surface area contributed by atoms with Crippen molar-refractivity contribution in [1.82, 2.24) is 4.98 Å². The Bertz CT molecular complexity index is 2850. The Morgan fingerprint density at radius 3 is 1.80 bits per heavy atom. The van der Waals surface area contributed by atoms with Crippen molar-refractivity contribution in [2.75, 3.05) is 4.90 Å². The smallest absolute Gasteiger partial charge is 0.227 e. The SMILES string of the molecule is c1ccc(-c2cccc(N(c3ccc(-c4ccc5oc6cc7oc(-c8ccccc8)nc7cc6c5c4)cc3)c3ccc4ccccc4c3)c2)cc1. The van der Waals surface area contributed by atoms with E-state index in [4.69, 9.17) is 13.8 Å². The predicted octanol–water partition coefficient (Wildman–Crippen LogP) is 13.4. The van der Waals surface area contributed by atoms with Crippen molar-refractivity contribution >= 4 is 60.9 Å². The van der Waals surface area contributed by atoms with E-state index in [2.05, 4.69) is 150 Å². The number of nitrogens with zero attached hydrogens (tertiary/aromatic N) is 2. The molecule has 0 N–H and O–H groups in total. The Labute approximate surface area is 294 Å². The molecule has 0 unspecified atom stereocenters. The molecule has 0 radical (unpaired) electrons. The highest BCUT2D eigenvalue weighted by molar-refractivity contribution is 6.10. The molecule has 0 saturated heterocycles. The summed E-state index contributed by atoms with van der Waals surface area (Å²) in [6, 6.07) is 63.7. The van der Waals surface area contributed by atoms with E-state index in [9.17, 15) is 0 Å². The van der Waals surface area contributed by atoms with Crippen LogP contribution in [-0.4, -0.2) is 4.98 Å². The molecule has 0 aliphatic heterocycles. The van der Waals surface area contributed by atoms with Gasteiger partial charge in [0.25, 0.3) is 0 Å². The fourth-order valence-electron chi connectivity index (χ4n) is 7.10. The van der Waals surface area contributed by atoms with Gasteiger partial charge in [-0.1, -0.05) is 109 Å². The van der Waals surface area contributed by atoms with Gasteiger partial charge in [-0.3, -0.25) is 0 Å². The second kappa shape index (κ2) is 11.9. The molecule has 0 fully saturated rings. The van der Waals surface area contributed by atoms with Crippen LogP contribution in [0.4, 0.5) is 17.1 Å². The van der Waals surface area contributed by atoms with E-state index in [1.807, 2.05) is 36.4 Å². The van der Waals surface area contributed by atoms with Crippen molar-refractivity contribution in [1.29, 1.82) is 0 Å². The van der Waals surface area contributed by atoms with Crippen molar-refractivity contribution < 1.29 is 8.83 Å². The summed E-state index contributed by atoms with van der Waals surface area (Å²) in [5.74, 6) is 0.605. The first-order chi connectivity index (χ1) is 25.2. The highest BCUT2D eigenvalue weighted by Gasteiger charge is 2.17. The van der Waals surface area contributed by atoms with Crippen LogP contribution >= 0.6 is 0 Å². The number of fused-ring (bicyclic) bond motifs is 5. The summed E-state index contributed by atoms with van der Waals surface area (Å²) in [5.41, 5.74) is 12.0. The second-order valence-electron chi connectivity index (χ2n) is 12.8. The number of benzene rings is 8. The molecule has 10 aromatic rings. The zero-order valence-corrected chi connectivity index (χ0v) is 27.5. The van der Waals surface area contributed by atoms with Gasteiger partial charge in [-0.15, -0.1) is 0 Å². The number of hydrogen-bond acceptors (Lipinski definition) is 4. The zero-order chi connectivity index (χ0) is 33.7. The molecule has 0 bridgehead atoms. The minimum absolute atomic E-state index is 0.605. The highest BCUT2D eigenvalue weighted by Crippen LogP contribution is 2.40. The number of anilines is 3. The van der Waals surface area contributed by atoms with Gasteiger partial charge in [0.15, 0.2) is 5.58 Å². The first-order valence-corrected chi connectivity index (χ1v) is 17.1. The third kappa shape index (κ3) is 5.22. The van der Waals surface area contributed by atoms with Gasteiger partial charge in [-0.05, 0) is 99.8 Å². The third-order valence-corrected chi connectivity index (χ3v) is 9.66. The standard InChI is InChI=1S/C47H30N2O2/c1-3-10-31(11-4-1)36-16-9-17-39(26-36)49(40-24-20-32-12-7-8-15-35(32)27-40)38-22-18-33(19-23-38)37-21-25-44-41(28-37)42-29-43-46(30-45(42)50-44)51-47(48-43)34-13-5-2-6-14-34/h1-30H. The summed E-state index contributed by atoms with van der Waals surface area (Å²) >= 11 is 0. The lowest BCUT2D eigenvalue weighted by atomic mass is 10.0. The van der Waals surface area contributed by atoms with E-state index in [1.165, 1.54) is 21.9 Å². The van der Waals surface area contributed by atoms with Crippen LogP contribution in [-0.2, 0) is 0 Å². The monoisotopic (exact) mass is 654 g/mol. The Hall–Kier alpha value is -6.91. The molecular formula is C47H30N2O2. The fourth-order valence-corrected chi connectivity index (χ4v) is 7.10. The van der Waals surface area contributed by atoms with Crippen LogP contribution in [0.3, 0.4) is 0 Å². The number of aromatic nitrogens is 1. The average Bonchev–Trinajstić information content (AvgIpc) is 3.78. The molecule has 4 nitrogen and oxygen atoms in total. The Balaban J connectivity index is 1.04. The lowest BCUT2D eigenvalue weighted by Crippen LogP contribution is -2.10. The largest absolute Gasteiger partial charge is 0.456 e.